The number of hydrogen-bond acceptors (Lipinski definition) is 5. The van der Waals surface area contributed by atoms with Crippen LogP contribution in [0, 0.1) is 0 Å². The van der Waals surface area contributed by atoms with Gasteiger partial charge in [-0.1, -0.05) is 0 Å². The zero-order valence-electron chi connectivity index (χ0n) is 9.13. The van der Waals surface area contributed by atoms with Gasteiger partial charge in [-0.05, 0) is 19.1 Å². The Morgan fingerprint density at radius 3 is 2.75 bits per heavy atom. The van der Waals surface area contributed by atoms with Gasteiger partial charge in [0.2, 0.25) is 0 Å². The minimum atomic E-state index is -3.42. The number of pyridine rings is 1. The van der Waals surface area contributed by atoms with E-state index in [1.807, 2.05) is 0 Å². The predicted octanol–water partition coefficient (Wildman–Crippen LogP) is 0.803. The van der Waals surface area contributed by atoms with Gasteiger partial charge in [-0.15, -0.1) is 0 Å². The van der Waals surface area contributed by atoms with E-state index in [2.05, 4.69) is 9.17 Å². The van der Waals surface area contributed by atoms with E-state index in [1.165, 1.54) is 13.1 Å². The van der Waals surface area contributed by atoms with E-state index in [0.29, 0.717) is 17.7 Å². The molecule has 0 N–H and O–H groups in total. The summed E-state index contributed by atoms with van der Waals surface area (Å²) in [6, 6.07) is 3.25. The molecular formula is C10H13NO4S. The summed E-state index contributed by atoms with van der Waals surface area (Å²) in [6.07, 6.45) is 2.87. The number of aromatic nitrogens is 1. The molecule has 0 aliphatic heterocycles. The highest BCUT2D eigenvalue weighted by molar-refractivity contribution is 7.85. The lowest BCUT2D eigenvalue weighted by Gasteiger charge is -2.02. The molecule has 6 heteroatoms. The van der Waals surface area contributed by atoms with Crippen molar-refractivity contribution in [2.75, 3.05) is 12.9 Å². The maximum atomic E-state index is 11.1. The van der Waals surface area contributed by atoms with Crippen LogP contribution in [0.5, 0.6) is 0 Å². The van der Waals surface area contributed by atoms with Gasteiger partial charge in [-0.2, -0.15) is 8.42 Å². The van der Waals surface area contributed by atoms with Crippen LogP contribution in [0.25, 0.3) is 0 Å². The molecule has 1 aromatic heterocycles. The van der Waals surface area contributed by atoms with Gasteiger partial charge < -0.3 is 0 Å². The Bertz CT molecular complexity index is 481. The molecule has 0 aliphatic rings. The molecule has 1 heterocycles. The number of ketones is 1. The number of carbonyl (C=O) groups excluding carboxylic acids is 1. The van der Waals surface area contributed by atoms with Crippen LogP contribution in [-0.4, -0.2) is 32.0 Å². The molecule has 0 unspecified atom stereocenters. The summed E-state index contributed by atoms with van der Waals surface area (Å²) in [7, 11) is -3.42. The molecule has 0 aromatic carbocycles. The second-order valence-electron chi connectivity index (χ2n) is 3.37. The minimum absolute atomic E-state index is 0.0349. The average molecular weight is 243 g/mol. The monoisotopic (exact) mass is 243 g/mol. The van der Waals surface area contributed by atoms with Crippen LogP contribution >= 0.6 is 0 Å². The van der Waals surface area contributed by atoms with Gasteiger partial charge in [0, 0.05) is 23.9 Å². The second kappa shape index (κ2) is 5.18. The van der Waals surface area contributed by atoms with Crippen molar-refractivity contribution in [3.63, 3.8) is 0 Å². The first-order valence-electron chi connectivity index (χ1n) is 4.69. The first kappa shape index (κ1) is 12.8. The quantitative estimate of drug-likeness (QED) is 0.565. The molecule has 0 radical (unpaired) electrons. The van der Waals surface area contributed by atoms with Crippen LogP contribution in [0.1, 0.15) is 23.0 Å². The molecule has 0 bridgehead atoms. The fraction of sp³-hybridized carbons (Fsp3) is 0.400. The molecule has 0 spiro atoms. The summed E-state index contributed by atoms with van der Waals surface area (Å²) < 4.78 is 26.0. The van der Waals surface area contributed by atoms with Crippen molar-refractivity contribution in [1.82, 2.24) is 4.98 Å². The van der Waals surface area contributed by atoms with Crippen molar-refractivity contribution in [1.29, 1.82) is 0 Å². The van der Waals surface area contributed by atoms with Gasteiger partial charge >= 0.3 is 0 Å². The van der Waals surface area contributed by atoms with E-state index in [9.17, 15) is 13.2 Å². The molecule has 16 heavy (non-hydrogen) atoms. The lowest BCUT2D eigenvalue weighted by molar-refractivity contribution is 0.101. The van der Waals surface area contributed by atoms with E-state index in [4.69, 9.17) is 0 Å². The van der Waals surface area contributed by atoms with E-state index in [0.717, 1.165) is 6.26 Å². The number of rotatable bonds is 5. The Hall–Kier alpha value is -1.27. The molecule has 5 nitrogen and oxygen atoms in total. The van der Waals surface area contributed by atoms with Gasteiger partial charge in [0.05, 0.1) is 12.9 Å². The number of carbonyl (C=O) groups is 1. The summed E-state index contributed by atoms with van der Waals surface area (Å²) in [4.78, 5) is 15.1. The van der Waals surface area contributed by atoms with E-state index >= 15 is 0 Å². The molecule has 88 valence electrons. The molecule has 1 aromatic rings. The van der Waals surface area contributed by atoms with Crippen molar-refractivity contribution in [3.8, 4) is 0 Å². The van der Waals surface area contributed by atoms with Crippen molar-refractivity contribution >= 4 is 15.9 Å². The number of hydrogen-bond donors (Lipinski definition) is 0. The third-order valence-corrected chi connectivity index (χ3v) is 2.47. The topological polar surface area (TPSA) is 73.3 Å². The third-order valence-electron chi connectivity index (χ3n) is 1.88. The predicted molar refractivity (Wildman–Crippen MR) is 58.7 cm³/mol. The van der Waals surface area contributed by atoms with Gasteiger partial charge in [-0.25, -0.2) is 0 Å². The molecule has 1 rings (SSSR count). The van der Waals surface area contributed by atoms with Crippen molar-refractivity contribution < 1.29 is 17.4 Å². The lowest BCUT2D eigenvalue weighted by atomic mass is 10.1. The third kappa shape index (κ3) is 4.50. The Labute approximate surface area is 94.6 Å². The molecular weight excluding hydrogens is 230 g/mol. The Morgan fingerprint density at radius 2 is 2.19 bits per heavy atom. The summed E-state index contributed by atoms with van der Waals surface area (Å²) in [6.45, 7) is 1.50. The highest BCUT2D eigenvalue weighted by Gasteiger charge is 2.04. The normalized spacial score (nSPS) is 11.4. The maximum Gasteiger partial charge on any atom is 0.264 e. The van der Waals surface area contributed by atoms with E-state index in [-0.39, 0.29) is 12.4 Å². The molecule has 0 fully saturated rings. The zero-order valence-corrected chi connectivity index (χ0v) is 9.95. The average Bonchev–Trinajstić information content (AvgIpc) is 2.16. The molecule has 0 saturated heterocycles. The molecule has 0 saturated carbocycles. The smallest absolute Gasteiger partial charge is 0.264 e. The fourth-order valence-electron chi connectivity index (χ4n) is 1.13. The van der Waals surface area contributed by atoms with E-state index < -0.39 is 10.1 Å². The van der Waals surface area contributed by atoms with Crippen LogP contribution in [0.15, 0.2) is 18.3 Å². The molecule has 0 amide bonds. The Balaban J connectivity index is 2.61. The second-order valence-corrected chi connectivity index (χ2v) is 5.01. The first-order chi connectivity index (χ1) is 7.38. The van der Waals surface area contributed by atoms with Crippen molar-refractivity contribution in [2.24, 2.45) is 0 Å². The van der Waals surface area contributed by atoms with Gasteiger partial charge in [0.25, 0.3) is 10.1 Å². The van der Waals surface area contributed by atoms with E-state index in [1.54, 1.807) is 12.1 Å². The van der Waals surface area contributed by atoms with Gasteiger partial charge in [-0.3, -0.25) is 14.0 Å². The van der Waals surface area contributed by atoms with Crippen molar-refractivity contribution in [2.45, 2.75) is 13.3 Å². The van der Waals surface area contributed by atoms with Gasteiger partial charge in [0.1, 0.15) is 0 Å². The highest BCUT2D eigenvalue weighted by Crippen LogP contribution is 2.04. The van der Waals surface area contributed by atoms with Crippen LogP contribution in [0.4, 0.5) is 0 Å². The Morgan fingerprint density at radius 1 is 1.50 bits per heavy atom. The standard InChI is InChI=1S/C10H13NO4S/c1-8(12)9-3-5-11-10(7-9)4-6-15-16(2,13)14/h3,5,7H,4,6H2,1-2H3. The molecule has 0 aliphatic carbocycles. The summed E-state index contributed by atoms with van der Waals surface area (Å²) in [5.74, 6) is -0.0484. The van der Waals surface area contributed by atoms with Crippen molar-refractivity contribution in [3.05, 3.63) is 29.6 Å². The highest BCUT2D eigenvalue weighted by atomic mass is 32.2. The lowest BCUT2D eigenvalue weighted by Crippen LogP contribution is -2.07. The van der Waals surface area contributed by atoms with Crippen LogP contribution in [0.2, 0.25) is 0 Å². The minimum Gasteiger partial charge on any atom is -0.295 e. The van der Waals surface area contributed by atoms with Gasteiger partial charge in [0.15, 0.2) is 5.78 Å². The maximum absolute atomic E-state index is 11.1. The molecule has 0 atom stereocenters. The number of nitrogens with zero attached hydrogens (tertiary/aromatic N) is 1. The summed E-state index contributed by atoms with van der Waals surface area (Å²) >= 11 is 0. The zero-order chi connectivity index (χ0) is 12.2. The summed E-state index contributed by atoms with van der Waals surface area (Å²) in [5.41, 5.74) is 1.20. The van der Waals surface area contributed by atoms with Crippen LogP contribution < -0.4 is 0 Å². The SMILES string of the molecule is CC(=O)c1ccnc(CCOS(C)(=O)=O)c1. The van der Waals surface area contributed by atoms with Crippen LogP contribution in [0.3, 0.4) is 0 Å². The first-order valence-corrected chi connectivity index (χ1v) is 6.50. The largest absolute Gasteiger partial charge is 0.295 e. The summed E-state index contributed by atoms with van der Waals surface area (Å²) in [5, 5.41) is 0. The number of Topliss-reactive ketones (excluding diaryl/α,β-unsaturated/α-hetero) is 1. The fourth-order valence-corrected chi connectivity index (χ4v) is 1.52. The van der Waals surface area contributed by atoms with Crippen LogP contribution in [-0.2, 0) is 20.7 Å². The Kier molecular flexibility index (Phi) is 4.14.